The van der Waals surface area contributed by atoms with Gasteiger partial charge in [0.1, 0.15) is 0 Å². The van der Waals surface area contributed by atoms with Gasteiger partial charge in [0.15, 0.2) is 11.5 Å². The molecule has 6 heteroatoms. The molecule has 1 atom stereocenters. The summed E-state index contributed by atoms with van der Waals surface area (Å²) in [5, 5.41) is 12.7. The molecule has 1 aliphatic rings. The van der Waals surface area contributed by atoms with Gasteiger partial charge >= 0.3 is 0 Å². The Morgan fingerprint density at radius 1 is 1.35 bits per heavy atom. The number of ether oxygens (including phenoxy) is 3. The first-order chi connectivity index (χ1) is 9.65. The van der Waals surface area contributed by atoms with E-state index >= 15 is 0 Å². The van der Waals surface area contributed by atoms with Crippen molar-refractivity contribution in [3.8, 4) is 17.2 Å². The monoisotopic (exact) mass is 281 g/mol. The molecule has 110 valence electrons. The van der Waals surface area contributed by atoms with Crippen LogP contribution in [0.5, 0.6) is 17.2 Å². The van der Waals surface area contributed by atoms with Gasteiger partial charge in [-0.3, -0.25) is 4.79 Å². The topological polar surface area (TPSA) is 77.0 Å². The van der Waals surface area contributed by atoms with Crippen LogP contribution in [0.3, 0.4) is 0 Å². The highest BCUT2D eigenvalue weighted by Gasteiger charge is 2.20. The second-order valence-corrected chi connectivity index (χ2v) is 4.62. The van der Waals surface area contributed by atoms with Gasteiger partial charge in [-0.25, -0.2) is 0 Å². The summed E-state index contributed by atoms with van der Waals surface area (Å²) in [6.07, 6.45) is 1.84. The highest BCUT2D eigenvalue weighted by Crippen LogP contribution is 2.37. The molecule has 1 saturated heterocycles. The van der Waals surface area contributed by atoms with E-state index in [-0.39, 0.29) is 29.2 Å². The first kappa shape index (κ1) is 14.5. The van der Waals surface area contributed by atoms with Gasteiger partial charge in [0.25, 0.3) is 5.91 Å². The molecule has 0 bridgehead atoms. The average molecular weight is 281 g/mol. The quantitative estimate of drug-likeness (QED) is 0.870. The van der Waals surface area contributed by atoms with Gasteiger partial charge in [-0.1, -0.05) is 0 Å². The van der Waals surface area contributed by atoms with Gasteiger partial charge < -0.3 is 24.6 Å². The molecule has 0 unspecified atom stereocenters. The van der Waals surface area contributed by atoms with Crippen molar-refractivity contribution in [3.63, 3.8) is 0 Å². The Labute approximate surface area is 117 Å². The maximum atomic E-state index is 12.2. The molecule has 1 fully saturated rings. The number of hydrogen-bond acceptors (Lipinski definition) is 5. The maximum Gasteiger partial charge on any atom is 0.251 e. The van der Waals surface area contributed by atoms with Gasteiger partial charge in [-0.15, -0.1) is 0 Å². The second kappa shape index (κ2) is 6.47. The largest absolute Gasteiger partial charge is 0.502 e. The molecular formula is C14H19NO5. The first-order valence-electron chi connectivity index (χ1n) is 6.49. The Kier molecular flexibility index (Phi) is 4.68. The molecule has 1 aliphatic heterocycles. The summed E-state index contributed by atoms with van der Waals surface area (Å²) < 4.78 is 15.4. The molecule has 2 rings (SSSR count). The van der Waals surface area contributed by atoms with E-state index in [4.69, 9.17) is 14.2 Å². The Morgan fingerprint density at radius 3 is 2.50 bits per heavy atom. The van der Waals surface area contributed by atoms with Crippen molar-refractivity contribution in [2.75, 3.05) is 27.4 Å². The van der Waals surface area contributed by atoms with Crippen LogP contribution in [-0.4, -0.2) is 44.5 Å². The minimum atomic E-state index is -0.239. The van der Waals surface area contributed by atoms with Crippen molar-refractivity contribution >= 4 is 5.91 Å². The Hall–Kier alpha value is -1.95. The van der Waals surface area contributed by atoms with Crippen molar-refractivity contribution in [1.82, 2.24) is 5.32 Å². The number of phenolic OH excluding ortho intramolecular Hbond substituents is 1. The molecule has 0 spiro atoms. The van der Waals surface area contributed by atoms with Crippen molar-refractivity contribution < 1.29 is 24.1 Å². The number of amides is 1. The Morgan fingerprint density at radius 2 is 2.00 bits per heavy atom. The van der Waals surface area contributed by atoms with Crippen molar-refractivity contribution in [2.24, 2.45) is 0 Å². The normalized spacial score (nSPS) is 18.4. The lowest BCUT2D eigenvalue weighted by Gasteiger charge is -2.23. The van der Waals surface area contributed by atoms with Crippen LogP contribution in [-0.2, 0) is 4.74 Å². The van der Waals surface area contributed by atoms with E-state index in [9.17, 15) is 9.90 Å². The number of nitrogens with one attached hydrogen (secondary N) is 1. The van der Waals surface area contributed by atoms with Crippen molar-refractivity contribution in [3.05, 3.63) is 17.7 Å². The van der Waals surface area contributed by atoms with E-state index < -0.39 is 0 Å². The predicted octanol–water partition coefficient (Wildman–Crippen LogP) is 1.32. The summed E-state index contributed by atoms with van der Waals surface area (Å²) in [5.41, 5.74) is 0.377. The third-order valence-electron chi connectivity index (χ3n) is 3.24. The highest BCUT2D eigenvalue weighted by molar-refractivity contribution is 5.95. The van der Waals surface area contributed by atoms with E-state index in [1.807, 2.05) is 0 Å². The highest BCUT2D eigenvalue weighted by atomic mass is 16.5. The lowest BCUT2D eigenvalue weighted by molar-refractivity contribution is 0.0624. The smallest absolute Gasteiger partial charge is 0.251 e. The number of benzene rings is 1. The van der Waals surface area contributed by atoms with Gasteiger partial charge in [0.05, 0.1) is 26.9 Å². The van der Waals surface area contributed by atoms with Gasteiger partial charge in [0.2, 0.25) is 5.75 Å². The van der Waals surface area contributed by atoms with E-state index in [1.165, 1.54) is 26.4 Å². The van der Waals surface area contributed by atoms with Gasteiger partial charge in [-0.05, 0) is 25.0 Å². The molecule has 0 aromatic heterocycles. The number of aromatic hydroxyl groups is 1. The number of rotatable bonds is 4. The predicted molar refractivity (Wildman–Crippen MR) is 72.5 cm³/mol. The second-order valence-electron chi connectivity index (χ2n) is 4.62. The summed E-state index contributed by atoms with van der Waals surface area (Å²) in [6.45, 7) is 1.27. The van der Waals surface area contributed by atoms with E-state index in [1.54, 1.807) is 0 Å². The molecule has 1 amide bonds. The van der Waals surface area contributed by atoms with Gasteiger partial charge in [-0.2, -0.15) is 0 Å². The van der Waals surface area contributed by atoms with Gasteiger partial charge in [0, 0.05) is 12.2 Å². The zero-order valence-corrected chi connectivity index (χ0v) is 11.6. The van der Waals surface area contributed by atoms with Crippen LogP contribution in [0, 0.1) is 0 Å². The third-order valence-corrected chi connectivity index (χ3v) is 3.24. The molecular weight excluding hydrogens is 262 g/mol. The molecule has 0 saturated carbocycles. The summed E-state index contributed by atoms with van der Waals surface area (Å²) in [7, 11) is 2.84. The number of methoxy groups -OCH3 is 2. The SMILES string of the molecule is COc1cc(C(=O)N[C@H]2CCCOC2)cc(OC)c1O. The van der Waals surface area contributed by atoms with Crippen molar-refractivity contribution in [1.29, 1.82) is 0 Å². The lowest BCUT2D eigenvalue weighted by atomic mass is 10.1. The fraction of sp³-hybridized carbons (Fsp3) is 0.500. The van der Waals surface area contributed by atoms with E-state index in [0.717, 1.165) is 19.4 Å². The molecule has 2 N–H and O–H groups in total. The molecule has 0 aliphatic carbocycles. The minimum Gasteiger partial charge on any atom is -0.502 e. The molecule has 6 nitrogen and oxygen atoms in total. The number of carbonyl (C=O) groups excluding carboxylic acids is 1. The van der Waals surface area contributed by atoms with Crippen LogP contribution in [0.2, 0.25) is 0 Å². The number of phenols is 1. The van der Waals surface area contributed by atoms with Crippen LogP contribution in [0.4, 0.5) is 0 Å². The Bertz CT molecular complexity index is 457. The van der Waals surface area contributed by atoms with Crippen LogP contribution in [0.15, 0.2) is 12.1 Å². The van der Waals surface area contributed by atoms with Crippen LogP contribution < -0.4 is 14.8 Å². The standard InChI is InChI=1S/C14H19NO5/c1-18-11-6-9(7-12(19-2)13(11)16)14(17)15-10-4-3-5-20-8-10/h6-7,10,16H,3-5,8H2,1-2H3,(H,15,17)/t10-/m0/s1. The first-order valence-corrected chi connectivity index (χ1v) is 6.49. The maximum absolute atomic E-state index is 12.2. The average Bonchev–Trinajstić information content (AvgIpc) is 2.48. The summed E-state index contributed by atoms with van der Waals surface area (Å²) in [5.74, 6) is 0.0495. The van der Waals surface area contributed by atoms with Crippen LogP contribution >= 0.6 is 0 Å². The summed E-state index contributed by atoms with van der Waals surface area (Å²) in [4.78, 5) is 12.2. The summed E-state index contributed by atoms with van der Waals surface area (Å²) in [6, 6.07) is 2.98. The molecule has 1 aromatic rings. The van der Waals surface area contributed by atoms with Crippen LogP contribution in [0.25, 0.3) is 0 Å². The van der Waals surface area contributed by atoms with E-state index in [2.05, 4.69) is 5.32 Å². The number of hydrogen-bond donors (Lipinski definition) is 2. The molecule has 0 radical (unpaired) electrons. The molecule has 20 heavy (non-hydrogen) atoms. The van der Waals surface area contributed by atoms with Crippen molar-refractivity contribution in [2.45, 2.75) is 18.9 Å². The minimum absolute atomic E-state index is 0.0158. The van der Waals surface area contributed by atoms with Crippen LogP contribution in [0.1, 0.15) is 23.2 Å². The zero-order chi connectivity index (χ0) is 14.5. The zero-order valence-electron chi connectivity index (χ0n) is 11.6. The Balaban J connectivity index is 2.16. The third kappa shape index (κ3) is 3.14. The number of carbonyl (C=O) groups is 1. The summed E-state index contributed by atoms with van der Waals surface area (Å²) >= 11 is 0. The van der Waals surface area contributed by atoms with E-state index in [0.29, 0.717) is 12.2 Å². The molecule has 1 heterocycles. The molecule has 1 aromatic carbocycles. The fourth-order valence-corrected chi connectivity index (χ4v) is 2.15. The fourth-order valence-electron chi connectivity index (χ4n) is 2.15. The lowest BCUT2D eigenvalue weighted by Crippen LogP contribution is -2.40.